The van der Waals surface area contributed by atoms with E-state index in [1.165, 1.54) is 94.6 Å². The van der Waals surface area contributed by atoms with Gasteiger partial charge >= 0.3 is 0 Å². The van der Waals surface area contributed by atoms with Gasteiger partial charge in [0.1, 0.15) is 66.5 Å². The van der Waals surface area contributed by atoms with Crippen LogP contribution in [0.1, 0.15) is 168 Å². The molecule has 5 N–H and O–H groups in total. The summed E-state index contributed by atoms with van der Waals surface area (Å²) in [7, 11) is 11.8. The van der Waals surface area contributed by atoms with Crippen LogP contribution in [0.15, 0.2) is 12.3 Å². The first-order valence-corrected chi connectivity index (χ1v) is 32.8. The molecule has 1 saturated heterocycles. The van der Waals surface area contributed by atoms with Crippen molar-refractivity contribution in [2.45, 2.75) is 242 Å². The largest absolute Gasteiger partial charge is 0.390 e. The average molecular weight is 1280 g/mol. The molecule has 2 heterocycles. The zero-order valence-electron chi connectivity index (χ0n) is 59.7. The number of likely N-dealkylation sites (N-methyl/N-ethyl adjacent to an activating group) is 7. The van der Waals surface area contributed by atoms with E-state index in [4.69, 9.17) is 0 Å². The Morgan fingerprint density at radius 2 is 0.879 bits per heavy atom. The Morgan fingerprint density at radius 1 is 0.451 bits per heavy atom. The third kappa shape index (κ3) is 22.0. The second-order valence-corrected chi connectivity index (χ2v) is 28.0. The van der Waals surface area contributed by atoms with Gasteiger partial charge in [-0.15, -0.1) is 0 Å². The van der Waals surface area contributed by atoms with Gasteiger partial charge in [0, 0.05) is 62.6 Å². The summed E-state index contributed by atoms with van der Waals surface area (Å²) in [6, 6.07) is -11.8. The Bertz CT molecular complexity index is 2640. The monoisotopic (exact) mass is 1280 g/mol. The lowest BCUT2D eigenvalue weighted by Gasteiger charge is -2.41. The molecule has 25 nitrogen and oxygen atoms in total. The lowest BCUT2D eigenvalue weighted by Crippen LogP contribution is -2.64. The maximum absolute atomic E-state index is 15.4. The number of hydrogen-bond donors (Lipinski definition) is 5. The third-order valence-corrected chi connectivity index (χ3v) is 17.7. The van der Waals surface area contributed by atoms with E-state index in [0.717, 1.165) is 15.5 Å². The van der Waals surface area contributed by atoms with E-state index in [2.05, 4.69) is 26.4 Å². The van der Waals surface area contributed by atoms with E-state index in [1.807, 2.05) is 67.7 Å². The minimum absolute atomic E-state index is 0.00722. The highest BCUT2D eigenvalue weighted by molar-refractivity contribution is 6.00. The highest BCUT2D eigenvalue weighted by atomic mass is 16.3. The molecule has 1 aromatic rings. The summed E-state index contributed by atoms with van der Waals surface area (Å²) in [5.74, 6) is -9.82. The molecule has 2 rings (SSSR count). The smallest absolute Gasteiger partial charge is 0.246 e. The van der Waals surface area contributed by atoms with E-state index < -0.39 is 155 Å². The molecule has 0 unspecified atom stereocenters. The predicted molar refractivity (Wildman–Crippen MR) is 350 cm³/mol. The van der Waals surface area contributed by atoms with Crippen molar-refractivity contribution >= 4 is 65.0 Å². The maximum atomic E-state index is 15.4. The summed E-state index contributed by atoms with van der Waals surface area (Å²) in [5.41, 5.74) is 0.826. The normalized spacial score (nSPS) is 26.7. The molecule has 13 atom stereocenters. The molecule has 1 aliphatic rings. The van der Waals surface area contributed by atoms with Gasteiger partial charge in [-0.3, -0.25) is 57.4 Å². The number of amides is 11. The number of rotatable bonds is 17. The van der Waals surface area contributed by atoms with Crippen LogP contribution in [0.5, 0.6) is 0 Å². The standard InChI is InChI=1S/C66H117N13O12/c1-26-47-62(87)73(19)45(17)61(86)74(20)49(33-37(4)5)58(83)70-52(40(10)11)65(90)75(21)48(32-36(2)3)57(82)67-43(15)56(81)68-44(16)60(85)76(22)50(34-38(6)7)63(88)77(23)51(35-39(8)9)64(89)78(24)53(41(12)13)66(91)79(25)54(59(84)69-47)55(80)42(14)28-27-29-46-30-31-72(18)71-46/h30-31,36-45,47-55,80H,26-29,32-35H2,1-25H3,(H,67,82)(H,68,81)(H,69,84)(H,70,83)/t42-,43+,44-,45-,47+,48+,49+,50+,51+,52+,53+,54-,55-/m1/s1. The van der Waals surface area contributed by atoms with Gasteiger partial charge in [-0.2, -0.15) is 5.10 Å². The maximum Gasteiger partial charge on any atom is 0.246 e. The summed E-state index contributed by atoms with van der Waals surface area (Å²) in [4.78, 5) is 171. The molecule has 0 aromatic carbocycles. The van der Waals surface area contributed by atoms with Crippen LogP contribution in [-0.2, 0) is 66.2 Å². The Labute approximate surface area is 543 Å². The lowest BCUT2D eigenvalue weighted by molar-refractivity contribution is -0.157. The van der Waals surface area contributed by atoms with Crippen molar-refractivity contribution in [1.82, 2.24) is 65.3 Å². The van der Waals surface area contributed by atoms with Crippen molar-refractivity contribution in [3.8, 4) is 0 Å². The second-order valence-electron chi connectivity index (χ2n) is 28.0. The van der Waals surface area contributed by atoms with Gasteiger partial charge in [0.25, 0.3) is 0 Å². The van der Waals surface area contributed by atoms with Gasteiger partial charge in [0.15, 0.2) is 0 Å². The number of aliphatic hydroxyl groups excluding tert-OH is 1. The molecule has 518 valence electrons. The zero-order chi connectivity index (χ0) is 70.1. The van der Waals surface area contributed by atoms with Crippen LogP contribution in [0.25, 0.3) is 0 Å². The molecule has 0 bridgehead atoms. The van der Waals surface area contributed by atoms with Crippen LogP contribution in [0, 0.1) is 41.4 Å². The first-order valence-electron chi connectivity index (χ1n) is 32.8. The summed E-state index contributed by atoms with van der Waals surface area (Å²) < 4.78 is 1.68. The van der Waals surface area contributed by atoms with Gasteiger partial charge in [0.2, 0.25) is 65.0 Å². The minimum Gasteiger partial charge on any atom is -0.390 e. The Hall–Kier alpha value is -6.66. The molecule has 0 radical (unpaired) electrons. The topological polar surface area (TPSA) is 297 Å². The number of aliphatic hydroxyl groups is 1. The van der Waals surface area contributed by atoms with Crippen molar-refractivity contribution in [2.24, 2.45) is 48.5 Å². The molecule has 11 amide bonds. The summed E-state index contributed by atoms with van der Waals surface area (Å²) in [5, 5.41) is 28.0. The zero-order valence-corrected chi connectivity index (χ0v) is 59.7. The van der Waals surface area contributed by atoms with E-state index in [9.17, 15) is 38.7 Å². The first-order chi connectivity index (χ1) is 42.0. The number of hydrogen-bond acceptors (Lipinski definition) is 13. The van der Waals surface area contributed by atoms with Gasteiger partial charge in [-0.25, -0.2) is 0 Å². The molecule has 0 aliphatic carbocycles. The van der Waals surface area contributed by atoms with Gasteiger partial charge in [-0.05, 0) is 120 Å². The van der Waals surface area contributed by atoms with Gasteiger partial charge in [-0.1, -0.05) is 96.9 Å². The van der Waals surface area contributed by atoms with Crippen LogP contribution < -0.4 is 21.3 Å². The average Bonchev–Trinajstić information content (AvgIpc) is 1.24. The molecule has 1 aliphatic heterocycles. The molecule has 91 heavy (non-hydrogen) atoms. The molecule has 1 fully saturated rings. The number of aryl methyl sites for hydroxylation is 2. The van der Waals surface area contributed by atoms with E-state index in [0.29, 0.717) is 19.3 Å². The van der Waals surface area contributed by atoms with Crippen molar-refractivity contribution in [3.05, 3.63) is 18.0 Å². The molecular formula is C66H117N13O12. The fourth-order valence-electron chi connectivity index (χ4n) is 11.8. The summed E-state index contributed by atoms with van der Waals surface area (Å²) >= 11 is 0. The SMILES string of the molecule is CC[C@@H]1NC(=O)[C@@H]([C@H](O)[C@H](C)CCCc2ccn(C)n2)N(C)C(=O)[C@H](C(C)C)N(C)C(=O)[C@H](CC(C)C)N(C)C(=O)[C@H](CC(C)C)N(C)C(=O)[C@@H](C)NC(=O)[C@H](C)NC(=O)[C@H](CC(C)C)N(C)C(=O)[C@H](C(C)C)NC(=O)[C@H](CC(C)C)N(C)C(=O)[C@@H](C)N(C)C1=O. The molecule has 0 saturated carbocycles. The van der Waals surface area contributed by atoms with Crippen LogP contribution in [0.2, 0.25) is 0 Å². The first kappa shape index (κ1) is 80.4. The molecule has 25 heteroatoms. The van der Waals surface area contributed by atoms with E-state index in [1.54, 1.807) is 53.3 Å². The van der Waals surface area contributed by atoms with Crippen LogP contribution in [0.3, 0.4) is 0 Å². The van der Waals surface area contributed by atoms with Gasteiger partial charge < -0.3 is 60.7 Å². The highest BCUT2D eigenvalue weighted by Gasteiger charge is 2.46. The fourth-order valence-corrected chi connectivity index (χ4v) is 11.8. The van der Waals surface area contributed by atoms with E-state index in [-0.39, 0.29) is 55.8 Å². The van der Waals surface area contributed by atoms with Crippen LogP contribution >= 0.6 is 0 Å². The molecular weight excluding hydrogens is 1170 g/mol. The minimum atomic E-state index is -1.64. The Kier molecular flexibility index (Phi) is 31.8. The van der Waals surface area contributed by atoms with Crippen LogP contribution in [-0.4, -0.2) is 236 Å². The number of nitrogens with zero attached hydrogens (tertiary/aromatic N) is 9. The number of carbonyl (C=O) groups excluding carboxylic acids is 11. The van der Waals surface area contributed by atoms with Crippen LogP contribution in [0.4, 0.5) is 0 Å². The summed E-state index contributed by atoms with van der Waals surface area (Å²) in [6.07, 6.45) is 2.40. The third-order valence-electron chi connectivity index (χ3n) is 17.7. The Morgan fingerprint density at radius 3 is 1.33 bits per heavy atom. The fraction of sp³-hybridized carbons (Fsp3) is 0.788. The number of nitrogens with one attached hydrogen (secondary N) is 4. The van der Waals surface area contributed by atoms with Crippen molar-refractivity contribution < 1.29 is 57.8 Å². The number of carbonyl (C=O) groups is 11. The second kappa shape index (κ2) is 36.0. The molecule has 0 spiro atoms. The van der Waals surface area contributed by atoms with E-state index >= 15 is 19.2 Å². The predicted octanol–water partition coefficient (Wildman–Crippen LogP) is 3.45. The highest BCUT2D eigenvalue weighted by Crippen LogP contribution is 2.26. The molecule has 1 aromatic heterocycles. The lowest BCUT2D eigenvalue weighted by atomic mass is 9.90. The van der Waals surface area contributed by atoms with Crippen molar-refractivity contribution in [3.63, 3.8) is 0 Å². The Balaban J connectivity index is 3.00. The van der Waals surface area contributed by atoms with Gasteiger partial charge in [0.05, 0.1) is 11.8 Å². The number of aromatic nitrogens is 2. The quantitative estimate of drug-likeness (QED) is 0.150. The van der Waals surface area contributed by atoms with Crippen molar-refractivity contribution in [2.75, 3.05) is 49.3 Å². The summed E-state index contributed by atoms with van der Waals surface area (Å²) in [6.45, 7) is 29.7. The van der Waals surface area contributed by atoms with Crippen molar-refractivity contribution in [1.29, 1.82) is 0 Å².